The van der Waals surface area contributed by atoms with Gasteiger partial charge in [0.15, 0.2) is 0 Å². The summed E-state index contributed by atoms with van der Waals surface area (Å²) in [5.74, 6) is 0.0305. The lowest BCUT2D eigenvalue weighted by atomic mass is 10.1. The molecule has 1 rings (SSSR count). The van der Waals surface area contributed by atoms with Gasteiger partial charge < -0.3 is 5.32 Å². The molecule has 0 aliphatic rings. The lowest BCUT2D eigenvalue weighted by Gasteiger charge is -2.10. The van der Waals surface area contributed by atoms with Crippen LogP contribution in [0.5, 0.6) is 0 Å². The van der Waals surface area contributed by atoms with E-state index in [4.69, 9.17) is 0 Å². The fraction of sp³-hybridized carbons (Fsp3) is 0.500. The van der Waals surface area contributed by atoms with E-state index in [9.17, 15) is 8.42 Å². The molecule has 0 spiro atoms. The van der Waals surface area contributed by atoms with E-state index in [1.165, 1.54) is 0 Å². The van der Waals surface area contributed by atoms with Crippen LogP contribution in [0.2, 0.25) is 0 Å². The van der Waals surface area contributed by atoms with Crippen molar-refractivity contribution in [3.63, 3.8) is 0 Å². The number of hydrogen-bond donors (Lipinski definition) is 2. The number of sulfonamides is 1. The highest BCUT2D eigenvalue weighted by Gasteiger charge is 2.12. The van der Waals surface area contributed by atoms with Gasteiger partial charge in [0.25, 0.3) is 0 Å². The van der Waals surface area contributed by atoms with E-state index in [0.717, 1.165) is 17.7 Å². The van der Waals surface area contributed by atoms with Gasteiger partial charge in [0.05, 0.1) is 5.75 Å². The van der Waals surface area contributed by atoms with E-state index >= 15 is 0 Å². The van der Waals surface area contributed by atoms with Crippen molar-refractivity contribution >= 4 is 10.0 Å². The summed E-state index contributed by atoms with van der Waals surface area (Å²) in [6.07, 6.45) is 0. The predicted octanol–water partition coefficient (Wildman–Crippen LogP) is 1.23. The van der Waals surface area contributed by atoms with Crippen molar-refractivity contribution in [2.75, 3.05) is 7.05 Å². The van der Waals surface area contributed by atoms with Crippen LogP contribution in [-0.4, -0.2) is 21.5 Å². The molecule has 96 valence electrons. The van der Waals surface area contributed by atoms with Gasteiger partial charge in [0.1, 0.15) is 0 Å². The summed E-state index contributed by atoms with van der Waals surface area (Å²) in [6.45, 7) is 4.37. The van der Waals surface area contributed by atoms with Crippen molar-refractivity contribution in [1.29, 1.82) is 0 Å². The Labute approximate surface area is 103 Å². The summed E-state index contributed by atoms with van der Waals surface area (Å²) < 4.78 is 26.1. The average Bonchev–Trinajstić information content (AvgIpc) is 2.15. The maximum absolute atomic E-state index is 11.8. The van der Waals surface area contributed by atoms with Crippen molar-refractivity contribution in [3.8, 4) is 0 Å². The van der Waals surface area contributed by atoms with Crippen LogP contribution in [0.1, 0.15) is 25.0 Å². The summed E-state index contributed by atoms with van der Waals surface area (Å²) in [7, 11) is -1.37. The van der Waals surface area contributed by atoms with Gasteiger partial charge in [0.2, 0.25) is 10.0 Å². The maximum Gasteiger partial charge on any atom is 0.216 e. The zero-order valence-corrected chi connectivity index (χ0v) is 11.3. The molecular weight excluding hydrogens is 236 g/mol. The molecule has 1 aromatic carbocycles. The molecule has 0 aromatic heterocycles. The minimum Gasteiger partial charge on any atom is -0.316 e. The SMILES string of the molecule is CNCc1cccc(CS(=O)(=O)NC(C)C)c1. The number of rotatable bonds is 6. The normalized spacial score (nSPS) is 12.0. The summed E-state index contributed by atoms with van der Waals surface area (Å²) in [5.41, 5.74) is 1.90. The van der Waals surface area contributed by atoms with Crippen LogP contribution >= 0.6 is 0 Å². The molecule has 17 heavy (non-hydrogen) atoms. The molecule has 5 heteroatoms. The summed E-state index contributed by atoms with van der Waals surface area (Å²) in [5, 5.41) is 3.04. The van der Waals surface area contributed by atoms with Crippen molar-refractivity contribution in [2.24, 2.45) is 0 Å². The highest BCUT2D eigenvalue weighted by molar-refractivity contribution is 7.88. The molecule has 2 N–H and O–H groups in total. The second-order valence-corrected chi connectivity index (χ2v) is 6.14. The lowest BCUT2D eigenvalue weighted by Crippen LogP contribution is -2.31. The van der Waals surface area contributed by atoms with Gasteiger partial charge in [-0.1, -0.05) is 24.3 Å². The fourth-order valence-electron chi connectivity index (χ4n) is 1.65. The van der Waals surface area contributed by atoms with Crippen LogP contribution in [0.15, 0.2) is 24.3 Å². The van der Waals surface area contributed by atoms with Gasteiger partial charge in [-0.15, -0.1) is 0 Å². The highest BCUT2D eigenvalue weighted by Crippen LogP contribution is 2.09. The van der Waals surface area contributed by atoms with E-state index in [0.29, 0.717) is 0 Å². The van der Waals surface area contributed by atoms with Gasteiger partial charge in [-0.3, -0.25) is 0 Å². The molecular formula is C12H20N2O2S. The predicted molar refractivity (Wildman–Crippen MR) is 70.1 cm³/mol. The Hall–Kier alpha value is -0.910. The Morgan fingerprint density at radius 3 is 2.47 bits per heavy atom. The molecule has 0 heterocycles. The molecule has 0 amide bonds. The zero-order chi connectivity index (χ0) is 12.9. The summed E-state index contributed by atoms with van der Waals surface area (Å²) in [6, 6.07) is 7.53. The topological polar surface area (TPSA) is 58.2 Å². The molecule has 0 bridgehead atoms. The van der Waals surface area contributed by atoms with E-state index in [2.05, 4.69) is 10.0 Å². The number of nitrogens with one attached hydrogen (secondary N) is 2. The van der Waals surface area contributed by atoms with E-state index < -0.39 is 10.0 Å². The molecule has 0 atom stereocenters. The second-order valence-electron chi connectivity index (χ2n) is 4.38. The molecule has 0 aliphatic carbocycles. The second kappa shape index (κ2) is 6.14. The number of hydrogen-bond acceptors (Lipinski definition) is 3. The fourth-order valence-corrected chi connectivity index (χ4v) is 3.07. The minimum absolute atomic E-state index is 0.0305. The van der Waals surface area contributed by atoms with Gasteiger partial charge in [-0.05, 0) is 32.0 Å². The largest absolute Gasteiger partial charge is 0.316 e. The number of benzene rings is 1. The maximum atomic E-state index is 11.8. The van der Waals surface area contributed by atoms with Crippen LogP contribution in [-0.2, 0) is 22.3 Å². The van der Waals surface area contributed by atoms with Gasteiger partial charge >= 0.3 is 0 Å². The smallest absolute Gasteiger partial charge is 0.216 e. The Morgan fingerprint density at radius 2 is 1.88 bits per heavy atom. The Morgan fingerprint density at radius 1 is 1.24 bits per heavy atom. The zero-order valence-electron chi connectivity index (χ0n) is 10.5. The minimum atomic E-state index is -3.24. The van der Waals surface area contributed by atoms with Crippen molar-refractivity contribution in [3.05, 3.63) is 35.4 Å². The van der Waals surface area contributed by atoms with Crippen molar-refractivity contribution in [2.45, 2.75) is 32.2 Å². The first-order chi connectivity index (χ1) is 7.93. The monoisotopic (exact) mass is 256 g/mol. The highest BCUT2D eigenvalue weighted by atomic mass is 32.2. The van der Waals surface area contributed by atoms with Crippen molar-refractivity contribution < 1.29 is 8.42 Å². The van der Waals surface area contributed by atoms with Crippen LogP contribution in [0.4, 0.5) is 0 Å². The van der Waals surface area contributed by atoms with Gasteiger partial charge in [-0.2, -0.15) is 0 Å². The van der Waals surface area contributed by atoms with Crippen LogP contribution in [0, 0.1) is 0 Å². The third-order valence-electron chi connectivity index (χ3n) is 2.14. The standard InChI is InChI=1S/C12H20N2O2S/c1-10(2)14-17(15,16)9-12-6-4-5-11(7-12)8-13-3/h4-7,10,13-14H,8-9H2,1-3H3. The third-order valence-corrected chi connectivity index (χ3v) is 3.69. The Kier molecular flexibility index (Phi) is 5.11. The Bertz CT molecular complexity index is 455. The molecule has 0 unspecified atom stereocenters. The quantitative estimate of drug-likeness (QED) is 0.805. The Balaban J connectivity index is 2.77. The van der Waals surface area contributed by atoms with Gasteiger partial charge in [-0.25, -0.2) is 13.1 Å². The molecule has 0 saturated heterocycles. The van der Waals surface area contributed by atoms with Crippen molar-refractivity contribution in [1.82, 2.24) is 10.0 Å². The van der Waals surface area contributed by atoms with Crippen LogP contribution < -0.4 is 10.0 Å². The first kappa shape index (κ1) is 14.2. The summed E-state index contributed by atoms with van der Waals surface area (Å²) >= 11 is 0. The molecule has 1 aromatic rings. The van der Waals surface area contributed by atoms with Crippen LogP contribution in [0.25, 0.3) is 0 Å². The average molecular weight is 256 g/mol. The van der Waals surface area contributed by atoms with E-state index in [-0.39, 0.29) is 11.8 Å². The van der Waals surface area contributed by atoms with E-state index in [1.807, 2.05) is 45.2 Å². The van der Waals surface area contributed by atoms with E-state index in [1.54, 1.807) is 0 Å². The molecule has 0 fully saturated rings. The summed E-state index contributed by atoms with van der Waals surface area (Å²) in [4.78, 5) is 0. The molecule has 0 saturated carbocycles. The third kappa shape index (κ3) is 5.30. The first-order valence-corrected chi connectivity index (χ1v) is 7.30. The molecule has 0 radical (unpaired) electrons. The lowest BCUT2D eigenvalue weighted by molar-refractivity contribution is 0.569. The van der Waals surface area contributed by atoms with Gasteiger partial charge in [0, 0.05) is 12.6 Å². The first-order valence-electron chi connectivity index (χ1n) is 5.65. The van der Waals surface area contributed by atoms with Crippen LogP contribution in [0.3, 0.4) is 0 Å². The molecule has 4 nitrogen and oxygen atoms in total. The molecule has 0 aliphatic heterocycles.